The van der Waals surface area contributed by atoms with Gasteiger partial charge in [-0.25, -0.2) is 9.97 Å². The summed E-state index contributed by atoms with van der Waals surface area (Å²) in [4.78, 5) is 26.8. The summed E-state index contributed by atoms with van der Waals surface area (Å²) in [5, 5.41) is 46.1. The highest BCUT2D eigenvalue weighted by atomic mass is 35.5. The van der Waals surface area contributed by atoms with Gasteiger partial charge in [-0.05, 0) is 97.6 Å². The van der Waals surface area contributed by atoms with Crippen molar-refractivity contribution in [3.63, 3.8) is 0 Å². The first kappa shape index (κ1) is 44.0. The number of hydrogen-bond donors (Lipinski definition) is 6. The second kappa shape index (κ2) is 20.5. The van der Waals surface area contributed by atoms with E-state index in [0.717, 1.165) is 33.0 Å². The van der Waals surface area contributed by atoms with Crippen LogP contribution in [0.2, 0.25) is 10.0 Å². The van der Waals surface area contributed by atoms with Gasteiger partial charge in [0.2, 0.25) is 0 Å². The number of hydrogen-bond acceptors (Lipinski definition) is 12. The quantitative estimate of drug-likeness (QED) is 0.0868. The fraction of sp³-hybridized carbons (Fsp3) is 0.109. The van der Waals surface area contributed by atoms with Crippen molar-refractivity contribution >= 4 is 62.9 Å². The van der Waals surface area contributed by atoms with Gasteiger partial charge in [0.15, 0.2) is 11.5 Å². The molecule has 0 aliphatic heterocycles. The topological polar surface area (TPSA) is 197 Å². The molecule has 306 valence electrons. The lowest BCUT2D eigenvalue weighted by atomic mass is 9.95. The summed E-state index contributed by atoms with van der Waals surface area (Å²) in [6, 6.07) is 29.7. The number of aromatic nitrogens is 4. The number of nitrogens with one attached hydrogen (secondary N) is 1. The SMILES string of the molecule is COc1ccc(C=O)cc1O.Cc1cc(Cl)cnc1N.Cc1ccc(C(Nc2ncc(Cl)cc2C)c2ccc3cccnc3c2O)cc1O.Oc1cccc2cccnc12. The number of phenols is 4. The van der Waals surface area contributed by atoms with Crippen molar-refractivity contribution in [1.29, 1.82) is 0 Å². The van der Waals surface area contributed by atoms with Crippen LogP contribution < -0.4 is 15.8 Å². The first-order chi connectivity index (χ1) is 28.8. The number of anilines is 2. The highest BCUT2D eigenvalue weighted by molar-refractivity contribution is 6.30. The molecule has 0 amide bonds. The van der Waals surface area contributed by atoms with Crippen LogP contribution in [0.25, 0.3) is 21.8 Å². The lowest BCUT2D eigenvalue weighted by molar-refractivity contribution is 0.112. The van der Waals surface area contributed by atoms with Crippen molar-refractivity contribution in [1.82, 2.24) is 19.9 Å². The zero-order valence-electron chi connectivity index (χ0n) is 33.0. The Morgan fingerprint density at radius 1 is 0.667 bits per heavy atom. The normalized spacial score (nSPS) is 10.8. The van der Waals surface area contributed by atoms with E-state index in [-0.39, 0.29) is 23.0 Å². The van der Waals surface area contributed by atoms with E-state index in [2.05, 4.69) is 25.3 Å². The Labute approximate surface area is 356 Å². The molecule has 4 aromatic carbocycles. The summed E-state index contributed by atoms with van der Waals surface area (Å²) in [6.45, 7) is 5.62. The number of methoxy groups -OCH3 is 1. The number of para-hydroxylation sites is 1. The zero-order chi connectivity index (χ0) is 43.3. The van der Waals surface area contributed by atoms with Crippen molar-refractivity contribution in [2.75, 3.05) is 18.2 Å². The Balaban J connectivity index is 0.000000179. The Morgan fingerprint density at radius 2 is 1.32 bits per heavy atom. The molecule has 12 nitrogen and oxygen atoms in total. The number of pyridine rings is 4. The van der Waals surface area contributed by atoms with Crippen LogP contribution in [0.3, 0.4) is 0 Å². The maximum absolute atomic E-state index is 11.0. The monoisotopic (exact) mass is 844 g/mol. The number of rotatable bonds is 6. The highest BCUT2D eigenvalue weighted by Crippen LogP contribution is 2.38. The first-order valence-electron chi connectivity index (χ1n) is 18.3. The summed E-state index contributed by atoms with van der Waals surface area (Å²) in [7, 11) is 1.45. The van der Waals surface area contributed by atoms with Crippen LogP contribution in [0.1, 0.15) is 44.2 Å². The van der Waals surface area contributed by atoms with Crippen LogP contribution in [0.4, 0.5) is 11.6 Å². The van der Waals surface area contributed by atoms with E-state index < -0.39 is 6.04 Å². The number of aldehydes is 1. The number of carbonyl (C=O) groups is 1. The van der Waals surface area contributed by atoms with E-state index >= 15 is 0 Å². The second-order valence-electron chi connectivity index (χ2n) is 13.3. The molecule has 0 radical (unpaired) electrons. The van der Waals surface area contributed by atoms with Gasteiger partial charge in [-0.1, -0.05) is 71.7 Å². The van der Waals surface area contributed by atoms with Gasteiger partial charge in [-0.15, -0.1) is 0 Å². The second-order valence-corrected chi connectivity index (χ2v) is 14.2. The standard InChI is InChI=1S/C23H20ClN3O2.C9H7NO.C8H8O3.C6H7ClN2/c1-13-5-6-16(11-19(13)28)20(27-23-14(2)10-17(24)12-26-23)18-8-7-15-4-3-9-25-21(15)22(18)29;11-8-5-1-3-7-4-2-6-10-9(7)8;1-11-8-3-2-6(5-9)4-7(8)10;1-4-2-5(7)3-9-6(4)8/h3-12,20,28-29H,1-2H3,(H,26,27);1-6,11H;2-5,10H,1H3;2-3H,1H3,(H2,8,9). The minimum absolute atomic E-state index is 0.0166. The largest absolute Gasteiger partial charge is 0.508 e. The Bertz CT molecular complexity index is 2750. The first-order valence-corrected chi connectivity index (χ1v) is 19.0. The highest BCUT2D eigenvalue weighted by Gasteiger charge is 2.22. The van der Waals surface area contributed by atoms with Gasteiger partial charge in [-0.2, -0.15) is 0 Å². The smallest absolute Gasteiger partial charge is 0.160 e. The molecular formula is C46H42Cl2N6O6. The molecule has 14 heteroatoms. The van der Waals surface area contributed by atoms with Crippen LogP contribution in [-0.2, 0) is 0 Å². The number of aryl methyl sites for hydroxylation is 3. The molecule has 0 saturated heterocycles. The van der Waals surface area contributed by atoms with Crippen LogP contribution in [0, 0.1) is 20.8 Å². The number of nitrogens with zero attached hydrogens (tertiary/aromatic N) is 4. The van der Waals surface area contributed by atoms with Crippen molar-refractivity contribution in [3.05, 3.63) is 171 Å². The van der Waals surface area contributed by atoms with Crippen LogP contribution in [-0.4, -0.2) is 53.8 Å². The molecule has 8 aromatic rings. The lowest BCUT2D eigenvalue weighted by Gasteiger charge is -2.23. The van der Waals surface area contributed by atoms with E-state index in [4.69, 9.17) is 38.8 Å². The van der Waals surface area contributed by atoms with E-state index in [1.54, 1.807) is 55.0 Å². The predicted octanol–water partition coefficient (Wildman–Crippen LogP) is 10.3. The Hall–Kier alpha value is -7.15. The lowest BCUT2D eigenvalue weighted by Crippen LogP contribution is -2.14. The summed E-state index contributed by atoms with van der Waals surface area (Å²) in [5.74, 6) is 2.05. The third-order valence-corrected chi connectivity index (χ3v) is 9.43. The molecule has 4 aromatic heterocycles. The third kappa shape index (κ3) is 11.3. The van der Waals surface area contributed by atoms with Crippen LogP contribution in [0.5, 0.6) is 28.7 Å². The molecule has 0 fully saturated rings. The van der Waals surface area contributed by atoms with Gasteiger partial charge < -0.3 is 36.2 Å². The zero-order valence-corrected chi connectivity index (χ0v) is 34.5. The molecule has 7 N–H and O–H groups in total. The van der Waals surface area contributed by atoms with Gasteiger partial charge in [0.05, 0.1) is 23.2 Å². The van der Waals surface area contributed by atoms with Gasteiger partial charge in [-0.3, -0.25) is 14.8 Å². The molecule has 0 aliphatic carbocycles. The van der Waals surface area contributed by atoms with E-state index in [0.29, 0.717) is 55.9 Å². The molecule has 8 rings (SSSR count). The molecule has 1 unspecified atom stereocenters. The number of nitrogen functional groups attached to an aromatic ring is 1. The maximum atomic E-state index is 11.0. The number of nitrogens with two attached hydrogens (primary N) is 1. The van der Waals surface area contributed by atoms with Crippen LogP contribution in [0.15, 0.2) is 128 Å². The van der Waals surface area contributed by atoms with Crippen molar-refractivity contribution in [2.45, 2.75) is 26.8 Å². The summed E-state index contributed by atoms with van der Waals surface area (Å²) < 4.78 is 4.78. The number of phenolic OH excluding ortho intramolecular Hbond substituents is 4. The van der Waals surface area contributed by atoms with E-state index in [1.807, 2.05) is 81.4 Å². The average Bonchev–Trinajstić information content (AvgIpc) is 3.24. The van der Waals surface area contributed by atoms with Gasteiger partial charge in [0, 0.05) is 46.7 Å². The molecule has 0 bridgehead atoms. The molecule has 1 atom stereocenters. The van der Waals surface area contributed by atoms with E-state index in [9.17, 15) is 20.1 Å². The van der Waals surface area contributed by atoms with Crippen molar-refractivity contribution in [2.24, 2.45) is 0 Å². The van der Waals surface area contributed by atoms with E-state index in [1.165, 1.54) is 19.4 Å². The van der Waals surface area contributed by atoms with Gasteiger partial charge in [0.25, 0.3) is 0 Å². The third-order valence-electron chi connectivity index (χ3n) is 9.02. The molecular weight excluding hydrogens is 803 g/mol. The fourth-order valence-corrected chi connectivity index (χ4v) is 6.20. The summed E-state index contributed by atoms with van der Waals surface area (Å²) >= 11 is 11.6. The molecule has 4 heterocycles. The maximum Gasteiger partial charge on any atom is 0.160 e. The van der Waals surface area contributed by atoms with Gasteiger partial charge >= 0.3 is 0 Å². The van der Waals surface area contributed by atoms with Gasteiger partial charge in [0.1, 0.15) is 46.2 Å². The van der Waals surface area contributed by atoms with Crippen molar-refractivity contribution < 1.29 is 30.0 Å². The fourth-order valence-electron chi connectivity index (χ4n) is 5.77. The Kier molecular flexibility index (Phi) is 15.0. The number of ether oxygens (including phenoxy) is 1. The number of fused-ring (bicyclic) bond motifs is 2. The molecule has 0 saturated carbocycles. The number of halogens is 2. The number of carbonyl (C=O) groups excluding carboxylic acids is 1. The predicted molar refractivity (Wildman–Crippen MR) is 238 cm³/mol. The minimum Gasteiger partial charge on any atom is -0.508 e. The number of benzene rings is 4. The molecule has 60 heavy (non-hydrogen) atoms. The summed E-state index contributed by atoms with van der Waals surface area (Å²) in [5.41, 5.74) is 11.0. The Morgan fingerprint density at radius 3 is 1.92 bits per heavy atom. The molecule has 0 aliphatic rings. The molecule has 0 spiro atoms. The number of aromatic hydroxyl groups is 4. The minimum atomic E-state index is -0.458. The summed E-state index contributed by atoms with van der Waals surface area (Å²) in [6.07, 6.45) is 7.09. The van der Waals surface area contributed by atoms with Crippen LogP contribution >= 0.6 is 23.2 Å². The van der Waals surface area contributed by atoms with Crippen molar-refractivity contribution in [3.8, 4) is 28.7 Å². The average molecular weight is 846 g/mol.